The van der Waals surface area contributed by atoms with Gasteiger partial charge in [-0.15, -0.1) is 0 Å². The van der Waals surface area contributed by atoms with E-state index in [1.54, 1.807) is 29.4 Å². The lowest BCUT2D eigenvalue weighted by Gasteiger charge is -2.15. The van der Waals surface area contributed by atoms with Gasteiger partial charge in [0.05, 0.1) is 12.8 Å². The van der Waals surface area contributed by atoms with Gasteiger partial charge in [0, 0.05) is 30.4 Å². The number of rotatable bonds is 4. The molecule has 6 heteroatoms. The molecule has 1 atom stereocenters. The first kappa shape index (κ1) is 15.3. The predicted molar refractivity (Wildman–Crippen MR) is 84.9 cm³/mol. The van der Waals surface area contributed by atoms with Crippen molar-refractivity contribution in [3.8, 4) is 6.01 Å². The van der Waals surface area contributed by atoms with Gasteiger partial charge < -0.3 is 14.1 Å². The van der Waals surface area contributed by atoms with Gasteiger partial charge in [-0.25, -0.2) is 9.97 Å². The van der Waals surface area contributed by atoms with Crippen LogP contribution in [0.2, 0.25) is 0 Å². The van der Waals surface area contributed by atoms with E-state index in [9.17, 15) is 4.79 Å². The molecule has 3 rings (SSSR count). The van der Waals surface area contributed by atoms with Crippen molar-refractivity contribution in [1.82, 2.24) is 14.9 Å². The highest BCUT2D eigenvalue weighted by atomic mass is 16.5. The largest absolute Gasteiger partial charge is 0.465 e. The van der Waals surface area contributed by atoms with Crippen LogP contribution in [0.1, 0.15) is 23.6 Å². The lowest BCUT2D eigenvalue weighted by molar-refractivity contribution is -0.125. The molecule has 1 saturated heterocycles. The minimum absolute atomic E-state index is 0.0474. The Morgan fingerprint density at radius 1 is 1.39 bits per heavy atom. The van der Waals surface area contributed by atoms with Crippen molar-refractivity contribution >= 4 is 12.0 Å². The summed E-state index contributed by atoms with van der Waals surface area (Å²) in [6, 6.07) is 5.87. The first-order valence-electron chi connectivity index (χ1n) is 7.59. The van der Waals surface area contributed by atoms with Crippen LogP contribution in [0, 0.1) is 13.8 Å². The van der Waals surface area contributed by atoms with Gasteiger partial charge >= 0.3 is 6.01 Å². The summed E-state index contributed by atoms with van der Waals surface area (Å²) in [5, 5.41) is 0. The molecule has 0 aliphatic carbocycles. The van der Waals surface area contributed by atoms with Crippen molar-refractivity contribution in [2.45, 2.75) is 26.4 Å². The van der Waals surface area contributed by atoms with E-state index in [0.717, 1.165) is 17.8 Å². The monoisotopic (exact) mass is 313 g/mol. The minimum atomic E-state index is -0.0721. The van der Waals surface area contributed by atoms with E-state index in [0.29, 0.717) is 24.9 Å². The number of aryl methyl sites for hydroxylation is 2. The molecule has 0 unspecified atom stereocenters. The molecule has 0 saturated carbocycles. The highest BCUT2D eigenvalue weighted by Gasteiger charge is 2.27. The molecule has 1 amide bonds. The lowest BCUT2D eigenvalue weighted by Crippen LogP contribution is -2.29. The Balaban J connectivity index is 1.56. The van der Waals surface area contributed by atoms with Crippen molar-refractivity contribution in [2.75, 3.05) is 13.1 Å². The molecule has 2 aromatic heterocycles. The number of furan rings is 1. The van der Waals surface area contributed by atoms with Gasteiger partial charge in [0.1, 0.15) is 11.9 Å². The van der Waals surface area contributed by atoms with Gasteiger partial charge in [0.15, 0.2) is 0 Å². The van der Waals surface area contributed by atoms with Crippen LogP contribution in [0.5, 0.6) is 6.01 Å². The number of ether oxygens (including phenoxy) is 1. The molecule has 0 aromatic carbocycles. The van der Waals surface area contributed by atoms with E-state index in [1.165, 1.54) is 6.08 Å². The van der Waals surface area contributed by atoms with Crippen molar-refractivity contribution in [2.24, 2.45) is 0 Å². The van der Waals surface area contributed by atoms with Gasteiger partial charge in [-0.1, -0.05) is 0 Å². The number of hydrogen-bond donors (Lipinski definition) is 0. The van der Waals surface area contributed by atoms with E-state index < -0.39 is 0 Å². The number of likely N-dealkylation sites (tertiary alicyclic amines) is 1. The topological polar surface area (TPSA) is 68.5 Å². The predicted octanol–water partition coefficient (Wildman–Crippen LogP) is 2.38. The van der Waals surface area contributed by atoms with Gasteiger partial charge in [-0.3, -0.25) is 4.79 Å². The molecule has 0 bridgehead atoms. The Morgan fingerprint density at radius 3 is 2.87 bits per heavy atom. The number of hydrogen-bond acceptors (Lipinski definition) is 5. The zero-order valence-corrected chi connectivity index (χ0v) is 13.2. The summed E-state index contributed by atoms with van der Waals surface area (Å²) in [5.74, 6) is 0.614. The molecule has 120 valence electrons. The number of amides is 1. The summed E-state index contributed by atoms with van der Waals surface area (Å²) in [5.41, 5.74) is 1.75. The first-order valence-corrected chi connectivity index (χ1v) is 7.59. The summed E-state index contributed by atoms with van der Waals surface area (Å²) in [4.78, 5) is 22.5. The molecule has 23 heavy (non-hydrogen) atoms. The summed E-state index contributed by atoms with van der Waals surface area (Å²) in [6.07, 6.45) is 5.47. The molecular weight excluding hydrogens is 294 g/mol. The Hall–Kier alpha value is -2.63. The summed E-state index contributed by atoms with van der Waals surface area (Å²) >= 11 is 0. The maximum Gasteiger partial charge on any atom is 0.317 e. The van der Waals surface area contributed by atoms with Crippen LogP contribution in [0.4, 0.5) is 0 Å². The number of carbonyl (C=O) groups excluding carboxylic acids is 1. The average Bonchev–Trinajstić information content (AvgIpc) is 3.15. The molecule has 1 aliphatic rings. The minimum Gasteiger partial charge on any atom is -0.465 e. The first-order chi connectivity index (χ1) is 11.1. The van der Waals surface area contributed by atoms with E-state index >= 15 is 0 Å². The zero-order valence-electron chi connectivity index (χ0n) is 13.2. The van der Waals surface area contributed by atoms with Crippen LogP contribution in [0.15, 0.2) is 35.0 Å². The van der Waals surface area contributed by atoms with Crippen molar-refractivity contribution in [1.29, 1.82) is 0 Å². The average molecular weight is 313 g/mol. The molecule has 3 heterocycles. The van der Waals surface area contributed by atoms with Crippen LogP contribution in [0.3, 0.4) is 0 Å². The summed E-state index contributed by atoms with van der Waals surface area (Å²) in [7, 11) is 0. The van der Waals surface area contributed by atoms with E-state index in [4.69, 9.17) is 9.15 Å². The fourth-order valence-electron chi connectivity index (χ4n) is 2.56. The maximum atomic E-state index is 12.2. The Morgan fingerprint density at radius 2 is 2.17 bits per heavy atom. The zero-order chi connectivity index (χ0) is 16.2. The Kier molecular flexibility index (Phi) is 4.41. The molecule has 2 aromatic rings. The molecule has 6 nitrogen and oxygen atoms in total. The van der Waals surface area contributed by atoms with Crippen LogP contribution in [-0.2, 0) is 4.79 Å². The smallest absolute Gasteiger partial charge is 0.317 e. The summed E-state index contributed by atoms with van der Waals surface area (Å²) < 4.78 is 11.0. The molecule has 0 spiro atoms. The SMILES string of the molecule is Cc1cc(C)nc(O[C@H]2CCN(C(=O)/C=C/c3ccco3)C2)n1. The molecule has 0 radical (unpaired) electrons. The van der Waals surface area contributed by atoms with E-state index in [1.807, 2.05) is 19.9 Å². The fraction of sp³-hybridized carbons (Fsp3) is 0.353. The van der Waals surface area contributed by atoms with E-state index in [-0.39, 0.29) is 12.0 Å². The molecule has 1 aliphatic heterocycles. The van der Waals surface area contributed by atoms with Crippen LogP contribution < -0.4 is 4.74 Å². The van der Waals surface area contributed by atoms with Crippen LogP contribution in [0.25, 0.3) is 6.08 Å². The lowest BCUT2D eigenvalue weighted by atomic mass is 10.3. The quantitative estimate of drug-likeness (QED) is 0.811. The standard InChI is InChI=1S/C17H19N3O3/c1-12-10-13(2)19-17(18-12)23-15-7-8-20(11-15)16(21)6-5-14-4-3-9-22-14/h3-6,9-10,15H,7-8,11H2,1-2H3/b6-5+/t15-/m0/s1. The molecule has 0 N–H and O–H groups in total. The third-order valence-corrected chi connectivity index (χ3v) is 3.62. The van der Waals surface area contributed by atoms with Crippen molar-refractivity contribution in [3.05, 3.63) is 47.7 Å². The van der Waals surface area contributed by atoms with Crippen LogP contribution >= 0.6 is 0 Å². The number of carbonyl (C=O) groups is 1. The van der Waals surface area contributed by atoms with Gasteiger partial charge in [-0.2, -0.15) is 0 Å². The van der Waals surface area contributed by atoms with Crippen molar-refractivity contribution < 1.29 is 13.9 Å². The third kappa shape index (κ3) is 3.97. The van der Waals surface area contributed by atoms with Gasteiger partial charge in [0.25, 0.3) is 0 Å². The van der Waals surface area contributed by atoms with Gasteiger partial charge in [-0.05, 0) is 38.1 Å². The number of nitrogens with zero attached hydrogens (tertiary/aromatic N) is 3. The highest BCUT2D eigenvalue weighted by molar-refractivity contribution is 5.91. The third-order valence-electron chi connectivity index (χ3n) is 3.62. The highest BCUT2D eigenvalue weighted by Crippen LogP contribution is 2.16. The maximum absolute atomic E-state index is 12.2. The Bertz CT molecular complexity index is 690. The molecular formula is C17H19N3O3. The summed E-state index contributed by atoms with van der Waals surface area (Å²) in [6.45, 7) is 5.02. The second kappa shape index (κ2) is 6.64. The Labute approximate surface area is 134 Å². The van der Waals surface area contributed by atoms with Crippen LogP contribution in [-0.4, -0.2) is 40.0 Å². The van der Waals surface area contributed by atoms with Gasteiger partial charge in [0.2, 0.25) is 5.91 Å². The second-order valence-electron chi connectivity index (χ2n) is 5.59. The van der Waals surface area contributed by atoms with Crippen molar-refractivity contribution in [3.63, 3.8) is 0 Å². The normalized spacial score (nSPS) is 17.8. The molecule has 1 fully saturated rings. The number of aromatic nitrogens is 2. The second-order valence-corrected chi connectivity index (χ2v) is 5.59. The fourth-order valence-corrected chi connectivity index (χ4v) is 2.56. The van der Waals surface area contributed by atoms with E-state index in [2.05, 4.69) is 9.97 Å².